The van der Waals surface area contributed by atoms with E-state index in [1.165, 1.54) is 24.2 Å². The Labute approximate surface area is 182 Å². The Morgan fingerprint density at radius 3 is 2.65 bits per heavy atom. The number of fused-ring (bicyclic) bond motifs is 1. The van der Waals surface area contributed by atoms with E-state index in [-0.39, 0.29) is 63.0 Å². The minimum absolute atomic E-state index is 0. The van der Waals surface area contributed by atoms with Gasteiger partial charge < -0.3 is 9.79 Å². The summed E-state index contributed by atoms with van der Waals surface area (Å²) in [4.78, 5) is 18.5. The van der Waals surface area contributed by atoms with Crippen molar-refractivity contribution < 1.29 is 70.3 Å². The van der Waals surface area contributed by atoms with Gasteiger partial charge in [0.05, 0.1) is 6.16 Å². The SMILES string of the molecule is CCCCC[N+]1=C(C)C(C)(CCP(=O)(O)O)c2c[c-]ccc21.[K+]. The maximum atomic E-state index is 11.3. The van der Waals surface area contributed by atoms with Crippen molar-refractivity contribution in [3.63, 3.8) is 0 Å². The molecular formula is C17H26KNO3P+. The second kappa shape index (κ2) is 8.86. The Morgan fingerprint density at radius 2 is 2.04 bits per heavy atom. The molecule has 1 heterocycles. The molecule has 1 unspecified atom stereocenters. The summed E-state index contributed by atoms with van der Waals surface area (Å²) >= 11 is 0. The third kappa shape index (κ3) is 5.08. The molecule has 1 aromatic carbocycles. The topological polar surface area (TPSA) is 60.5 Å². The number of hydrogen-bond donors (Lipinski definition) is 2. The molecule has 0 saturated heterocycles. The molecule has 0 fully saturated rings. The Bertz CT molecular complexity index is 626. The first-order valence-electron chi connectivity index (χ1n) is 7.96. The van der Waals surface area contributed by atoms with Crippen LogP contribution < -0.4 is 51.4 Å². The molecule has 0 spiro atoms. The zero-order chi connectivity index (χ0) is 16.4. The average molecular weight is 362 g/mol. The second-order valence-electron chi connectivity index (χ2n) is 6.36. The maximum Gasteiger partial charge on any atom is 1.00 e. The fourth-order valence-corrected chi connectivity index (χ4v) is 4.00. The van der Waals surface area contributed by atoms with Crippen LogP contribution in [0, 0.1) is 6.07 Å². The van der Waals surface area contributed by atoms with Crippen molar-refractivity contribution >= 4 is 19.0 Å². The smallest absolute Gasteiger partial charge is 0.324 e. The summed E-state index contributed by atoms with van der Waals surface area (Å²) < 4.78 is 13.6. The first-order valence-corrected chi connectivity index (χ1v) is 9.76. The largest absolute Gasteiger partial charge is 1.00 e. The fourth-order valence-electron chi connectivity index (χ4n) is 3.27. The van der Waals surface area contributed by atoms with E-state index >= 15 is 0 Å². The molecule has 122 valence electrons. The first-order chi connectivity index (χ1) is 10.3. The Hall–Kier alpha value is 0.676. The molecule has 6 heteroatoms. The summed E-state index contributed by atoms with van der Waals surface area (Å²) in [5, 5.41) is 0. The monoisotopic (exact) mass is 362 g/mol. The molecule has 23 heavy (non-hydrogen) atoms. The van der Waals surface area contributed by atoms with Gasteiger partial charge in [0.25, 0.3) is 0 Å². The number of nitrogens with zero attached hydrogens (tertiary/aromatic N) is 1. The van der Waals surface area contributed by atoms with Crippen LogP contribution in [0.25, 0.3) is 0 Å². The standard InChI is InChI=1S/C17H26NO3P.K/c1-4-5-8-12-18-14(2)17(3,11-13-22(19,20)21)15-9-6-7-10-16(15)18;/h7,9-10H,4-5,8,11-13H2,1-3H3,(H2,19,20,21);/q;+1. The summed E-state index contributed by atoms with van der Waals surface area (Å²) in [7, 11) is -3.99. The maximum absolute atomic E-state index is 11.3. The van der Waals surface area contributed by atoms with Crippen molar-refractivity contribution in [1.82, 2.24) is 0 Å². The van der Waals surface area contributed by atoms with E-state index in [0.29, 0.717) is 6.42 Å². The molecule has 0 amide bonds. The van der Waals surface area contributed by atoms with E-state index in [1.807, 2.05) is 12.1 Å². The summed E-state index contributed by atoms with van der Waals surface area (Å²) in [6.07, 6.45) is 3.87. The van der Waals surface area contributed by atoms with Gasteiger partial charge >= 0.3 is 59.0 Å². The van der Waals surface area contributed by atoms with Crippen LogP contribution in [0.4, 0.5) is 5.69 Å². The third-order valence-electron chi connectivity index (χ3n) is 4.82. The van der Waals surface area contributed by atoms with Crippen LogP contribution in [0.15, 0.2) is 18.2 Å². The van der Waals surface area contributed by atoms with Crippen LogP contribution in [0.2, 0.25) is 0 Å². The Kier molecular flexibility index (Phi) is 8.37. The normalized spacial score (nSPS) is 20.4. The predicted octanol–water partition coefficient (Wildman–Crippen LogP) is 0.625. The van der Waals surface area contributed by atoms with E-state index in [0.717, 1.165) is 18.5 Å². The molecule has 0 aliphatic carbocycles. The summed E-state index contributed by atoms with van der Waals surface area (Å²) in [6.45, 7) is 7.33. The van der Waals surface area contributed by atoms with Gasteiger partial charge in [-0.15, -0.1) is 6.07 Å². The van der Waals surface area contributed by atoms with E-state index < -0.39 is 7.60 Å². The molecule has 1 aromatic rings. The molecule has 0 saturated carbocycles. The summed E-state index contributed by atoms with van der Waals surface area (Å²) in [5.41, 5.74) is 3.17. The molecule has 2 rings (SSSR count). The predicted molar refractivity (Wildman–Crippen MR) is 89.2 cm³/mol. The van der Waals surface area contributed by atoms with Crippen molar-refractivity contribution in [3.05, 3.63) is 29.8 Å². The van der Waals surface area contributed by atoms with Crippen molar-refractivity contribution in [2.45, 2.75) is 51.9 Å². The van der Waals surface area contributed by atoms with Gasteiger partial charge in [-0.2, -0.15) is 18.2 Å². The quantitative estimate of drug-likeness (QED) is 0.246. The second-order valence-corrected chi connectivity index (χ2v) is 8.13. The molecular weight excluding hydrogens is 336 g/mol. The molecule has 0 aromatic heterocycles. The van der Waals surface area contributed by atoms with E-state index in [1.54, 1.807) is 0 Å². The zero-order valence-corrected chi connectivity index (χ0v) is 18.7. The molecule has 1 atom stereocenters. The van der Waals surface area contributed by atoms with Crippen LogP contribution in [-0.2, 0) is 9.98 Å². The van der Waals surface area contributed by atoms with Gasteiger partial charge in [-0.3, -0.25) is 4.57 Å². The van der Waals surface area contributed by atoms with Crippen LogP contribution in [0.5, 0.6) is 0 Å². The Balaban J connectivity index is 0.00000264. The van der Waals surface area contributed by atoms with E-state index in [2.05, 4.69) is 37.5 Å². The minimum atomic E-state index is -3.99. The van der Waals surface area contributed by atoms with Crippen LogP contribution in [0.1, 0.15) is 52.0 Å². The minimum Gasteiger partial charge on any atom is -0.324 e. The van der Waals surface area contributed by atoms with Gasteiger partial charge in [-0.1, -0.05) is 25.8 Å². The van der Waals surface area contributed by atoms with Crippen molar-refractivity contribution in [2.75, 3.05) is 12.7 Å². The van der Waals surface area contributed by atoms with Gasteiger partial charge in [0.15, 0.2) is 5.71 Å². The number of unbranched alkanes of at least 4 members (excludes halogenated alkanes) is 2. The van der Waals surface area contributed by atoms with E-state index in [4.69, 9.17) is 0 Å². The number of rotatable bonds is 7. The number of hydrogen-bond acceptors (Lipinski definition) is 1. The average Bonchev–Trinajstić information content (AvgIpc) is 2.68. The molecule has 4 nitrogen and oxygen atoms in total. The van der Waals surface area contributed by atoms with Gasteiger partial charge in [0, 0.05) is 18.8 Å². The summed E-state index contributed by atoms with van der Waals surface area (Å²) in [6, 6.07) is 9.06. The molecule has 0 bridgehead atoms. The fraction of sp³-hybridized carbons (Fsp3) is 0.588. The van der Waals surface area contributed by atoms with Crippen LogP contribution >= 0.6 is 7.60 Å². The zero-order valence-electron chi connectivity index (χ0n) is 14.7. The summed E-state index contributed by atoms with van der Waals surface area (Å²) in [5.74, 6) is 0. The van der Waals surface area contributed by atoms with Crippen molar-refractivity contribution in [1.29, 1.82) is 0 Å². The van der Waals surface area contributed by atoms with Crippen LogP contribution in [0.3, 0.4) is 0 Å². The Morgan fingerprint density at radius 1 is 1.35 bits per heavy atom. The third-order valence-corrected chi connectivity index (χ3v) is 5.62. The molecule has 1 aliphatic rings. The first kappa shape index (κ1) is 21.7. The van der Waals surface area contributed by atoms with Crippen molar-refractivity contribution in [2.24, 2.45) is 0 Å². The van der Waals surface area contributed by atoms with E-state index in [9.17, 15) is 14.4 Å². The number of benzene rings is 1. The van der Waals surface area contributed by atoms with Gasteiger partial charge in [0.2, 0.25) is 0 Å². The molecule has 0 radical (unpaired) electrons. The van der Waals surface area contributed by atoms with Crippen LogP contribution in [-0.4, -0.2) is 32.8 Å². The van der Waals surface area contributed by atoms with Gasteiger partial charge in [0.1, 0.15) is 12.2 Å². The van der Waals surface area contributed by atoms with Gasteiger partial charge in [-0.25, -0.2) is 4.58 Å². The molecule has 1 aliphatic heterocycles. The van der Waals surface area contributed by atoms with Gasteiger partial charge in [-0.05, 0) is 12.8 Å². The molecule has 2 N–H and O–H groups in total. The van der Waals surface area contributed by atoms with Crippen molar-refractivity contribution in [3.8, 4) is 0 Å².